The summed E-state index contributed by atoms with van der Waals surface area (Å²) in [5.74, 6) is 0. The normalized spacial score (nSPS) is 16.8. The molecule has 0 fully saturated rings. The van der Waals surface area contributed by atoms with Crippen molar-refractivity contribution in [3.63, 3.8) is 0 Å². The molecule has 0 amide bonds. The van der Waals surface area contributed by atoms with Gasteiger partial charge < -0.3 is 15.6 Å². The Bertz CT molecular complexity index is 83.7. The van der Waals surface area contributed by atoms with Crippen LogP contribution in [0.25, 0.3) is 0 Å². The van der Waals surface area contributed by atoms with Gasteiger partial charge in [-0.05, 0) is 26.3 Å². The second-order valence-corrected chi connectivity index (χ2v) is 2.78. The highest BCUT2D eigenvalue weighted by atomic mass is 16.5. The van der Waals surface area contributed by atoms with E-state index >= 15 is 0 Å². The predicted molar refractivity (Wildman–Crippen MR) is 40.8 cm³/mol. The van der Waals surface area contributed by atoms with Crippen LogP contribution in [0.2, 0.25) is 0 Å². The van der Waals surface area contributed by atoms with Crippen molar-refractivity contribution in [2.45, 2.75) is 25.4 Å². The summed E-state index contributed by atoms with van der Waals surface area (Å²) < 4.78 is 4.82. The first-order valence-electron chi connectivity index (χ1n) is 3.54. The van der Waals surface area contributed by atoms with E-state index in [1.807, 2.05) is 0 Å². The lowest BCUT2D eigenvalue weighted by Gasteiger charge is -2.21. The number of rotatable bonds is 5. The Morgan fingerprint density at radius 1 is 1.50 bits per heavy atom. The van der Waals surface area contributed by atoms with Crippen molar-refractivity contribution in [1.29, 1.82) is 0 Å². The molecule has 0 aromatic carbocycles. The van der Waals surface area contributed by atoms with Gasteiger partial charge in [0, 0.05) is 13.7 Å². The molecular formula is C7H17NO2. The summed E-state index contributed by atoms with van der Waals surface area (Å²) in [5.41, 5.74) is 4.64. The third kappa shape index (κ3) is 4.73. The van der Waals surface area contributed by atoms with Crippen LogP contribution in [0.1, 0.15) is 19.8 Å². The Morgan fingerprint density at radius 2 is 2.10 bits per heavy atom. The second kappa shape index (κ2) is 4.66. The van der Waals surface area contributed by atoms with E-state index in [1.54, 1.807) is 14.0 Å². The first-order chi connectivity index (χ1) is 4.62. The van der Waals surface area contributed by atoms with Crippen LogP contribution in [0.3, 0.4) is 0 Å². The third-order valence-corrected chi connectivity index (χ3v) is 1.53. The Morgan fingerprint density at radius 3 is 2.50 bits per heavy atom. The Labute approximate surface area is 62.2 Å². The van der Waals surface area contributed by atoms with Gasteiger partial charge in [0.1, 0.15) is 0 Å². The molecule has 0 aliphatic rings. The minimum atomic E-state index is -0.648. The lowest BCUT2D eigenvalue weighted by molar-refractivity contribution is 0.0195. The smallest absolute Gasteiger partial charge is 0.0653 e. The van der Waals surface area contributed by atoms with E-state index in [-0.39, 0.29) is 0 Å². The van der Waals surface area contributed by atoms with Gasteiger partial charge in [-0.25, -0.2) is 0 Å². The number of nitrogens with two attached hydrogens (primary N) is 1. The van der Waals surface area contributed by atoms with E-state index in [4.69, 9.17) is 10.5 Å². The van der Waals surface area contributed by atoms with Gasteiger partial charge in [0.15, 0.2) is 0 Å². The van der Waals surface area contributed by atoms with Gasteiger partial charge in [0.05, 0.1) is 5.60 Å². The van der Waals surface area contributed by atoms with E-state index < -0.39 is 5.60 Å². The van der Waals surface area contributed by atoms with Crippen LogP contribution in [0.15, 0.2) is 0 Å². The van der Waals surface area contributed by atoms with Crippen molar-refractivity contribution in [3.05, 3.63) is 0 Å². The van der Waals surface area contributed by atoms with Crippen molar-refractivity contribution >= 4 is 0 Å². The monoisotopic (exact) mass is 147 g/mol. The molecule has 10 heavy (non-hydrogen) atoms. The van der Waals surface area contributed by atoms with Crippen molar-refractivity contribution < 1.29 is 9.84 Å². The van der Waals surface area contributed by atoms with Gasteiger partial charge in [0.2, 0.25) is 0 Å². The zero-order chi connectivity index (χ0) is 8.04. The van der Waals surface area contributed by atoms with E-state index in [1.165, 1.54) is 0 Å². The lowest BCUT2D eigenvalue weighted by atomic mass is 9.99. The van der Waals surface area contributed by atoms with E-state index in [0.717, 1.165) is 0 Å². The maximum Gasteiger partial charge on any atom is 0.0653 e. The van der Waals surface area contributed by atoms with Gasteiger partial charge in [-0.2, -0.15) is 0 Å². The molecule has 62 valence electrons. The molecule has 3 N–H and O–H groups in total. The minimum Gasteiger partial charge on any atom is -0.390 e. The zero-order valence-electron chi connectivity index (χ0n) is 6.76. The summed E-state index contributed by atoms with van der Waals surface area (Å²) in [5, 5.41) is 9.49. The van der Waals surface area contributed by atoms with E-state index in [0.29, 0.717) is 26.0 Å². The maximum atomic E-state index is 9.49. The van der Waals surface area contributed by atoms with E-state index in [9.17, 15) is 5.11 Å². The second-order valence-electron chi connectivity index (χ2n) is 2.78. The third-order valence-electron chi connectivity index (χ3n) is 1.53. The average Bonchev–Trinajstić information content (AvgIpc) is 1.84. The largest absolute Gasteiger partial charge is 0.390 e. The van der Waals surface area contributed by atoms with Crippen LogP contribution in [0.5, 0.6) is 0 Å². The van der Waals surface area contributed by atoms with Gasteiger partial charge in [-0.3, -0.25) is 0 Å². The van der Waals surface area contributed by atoms with Gasteiger partial charge in [0.25, 0.3) is 0 Å². The summed E-state index contributed by atoms with van der Waals surface area (Å²) in [6, 6.07) is 0. The molecule has 0 aromatic heterocycles. The molecule has 0 spiro atoms. The summed E-state index contributed by atoms with van der Waals surface area (Å²) in [4.78, 5) is 0. The van der Waals surface area contributed by atoms with Crippen LogP contribution in [-0.4, -0.2) is 31.0 Å². The van der Waals surface area contributed by atoms with Crippen LogP contribution < -0.4 is 5.73 Å². The SMILES string of the molecule is COCCC(C)(O)CCN. The molecule has 1 atom stereocenters. The minimum absolute atomic E-state index is 0.525. The van der Waals surface area contributed by atoms with Gasteiger partial charge in [-0.1, -0.05) is 0 Å². The average molecular weight is 147 g/mol. The van der Waals surface area contributed by atoms with Crippen molar-refractivity contribution in [2.75, 3.05) is 20.3 Å². The molecule has 0 aliphatic heterocycles. The van der Waals surface area contributed by atoms with Crippen LogP contribution in [-0.2, 0) is 4.74 Å². The van der Waals surface area contributed by atoms with Crippen LogP contribution in [0.4, 0.5) is 0 Å². The van der Waals surface area contributed by atoms with Crippen molar-refractivity contribution in [2.24, 2.45) is 5.73 Å². The Hall–Kier alpha value is -0.120. The molecule has 0 heterocycles. The number of methoxy groups -OCH3 is 1. The van der Waals surface area contributed by atoms with Gasteiger partial charge in [-0.15, -0.1) is 0 Å². The summed E-state index contributed by atoms with van der Waals surface area (Å²) in [6.07, 6.45) is 1.29. The van der Waals surface area contributed by atoms with Crippen LogP contribution >= 0.6 is 0 Å². The zero-order valence-corrected chi connectivity index (χ0v) is 6.76. The first kappa shape index (κ1) is 9.88. The molecule has 0 aromatic rings. The number of aliphatic hydroxyl groups is 1. The first-order valence-corrected chi connectivity index (χ1v) is 3.54. The summed E-state index contributed by atoms with van der Waals surface area (Å²) in [6.45, 7) is 2.89. The molecule has 3 heteroatoms. The Balaban J connectivity index is 3.42. The number of hydrogen-bond donors (Lipinski definition) is 2. The highest BCUT2D eigenvalue weighted by Gasteiger charge is 2.17. The topological polar surface area (TPSA) is 55.5 Å². The highest BCUT2D eigenvalue weighted by molar-refractivity contribution is 4.71. The Kier molecular flexibility index (Phi) is 4.60. The fourth-order valence-electron chi connectivity index (χ4n) is 0.758. The number of hydrogen-bond acceptors (Lipinski definition) is 3. The fraction of sp³-hybridized carbons (Fsp3) is 1.00. The van der Waals surface area contributed by atoms with Gasteiger partial charge >= 0.3 is 0 Å². The lowest BCUT2D eigenvalue weighted by Crippen LogP contribution is -2.29. The van der Waals surface area contributed by atoms with Crippen molar-refractivity contribution in [1.82, 2.24) is 0 Å². The fourth-order valence-corrected chi connectivity index (χ4v) is 0.758. The molecule has 1 unspecified atom stereocenters. The molecular weight excluding hydrogens is 130 g/mol. The summed E-state index contributed by atoms with van der Waals surface area (Å²) in [7, 11) is 1.62. The number of ether oxygens (including phenoxy) is 1. The molecule has 0 bridgehead atoms. The van der Waals surface area contributed by atoms with E-state index in [2.05, 4.69) is 0 Å². The summed E-state index contributed by atoms with van der Waals surface area (Å²) >= 11 is 0. The molecule has 0 saturated heterocycles. The molecule has 0 saturated carbocycles. The van der Waals surface area contributed by atoms with Crippen LogP contribution in [0, 0.1) is 0 Å². The highest BCUT2D eigenvalue weighted by Crippen LogP contribution is 2.12. The molecule has 0 aliphatic carbocycles. The standard InChI is InChI=1S/C7H17NO2/c1-7(9,3-5-8)4-6-10-2/h9H,3-6,8H2,1-2H3. The molecule has 0 radical (unpaired) electrons. The maximum absolute atomic E-state index is 9.49. The molecule has 3 nitrogen and oxygen atoms in total. The molecule has 0 rings (SSSR count). The van der Waals surface area contributed by atoms with Crippen molar-refractivity contribution in [3.8, 4) is 0 Å². The predicted octanol–water partition coefficient (Wildman–Crippen LogP) is 0.123. The quantitative estimate of drug-likeness (QED) is 0.581.